The molecular formula is C29H35FN6S. The molecule has 1 aromatic carbocycles. The van der Waals surface area contributed by atoms with Gasteiger partial charge in [-0.2, -0.15) is 10.2 Å². The zero-order valence-corrected chi connectivity index (χ0v) is 22.7. The van der Waals surface area contributed by atoms with Gasteiger partial charge in [0.1, 0.15) is 11.6 Å². The molecule has 6 nitrogen and oxygen atoms in total. The average Bonchev–Trinajstić information content (AvgIpc) is 3.48. The highest BCUT2D eigenvalue weighted by atomic mass is 32.2. The van der Waals surface area contributed by atoms with E-state index in [0.717, 1.165) is 35.0 Å². The topological polar surface area (TPSA) is 70.9 Å². The van der Waals surface area contributed by atoms with Gasteiger partial charge in [0.25, 0.3) is 0 Å². The van der Waals surface area contributed by atoms with Gasteiger partial charge < -0.3 is 5.32 Å². The second-order valence-electron chi connectivity index (χ2n) is 10.6. The van der Waals surface area contributed by atoms with Crippen LogP contribution in [0.25, 0.3) is 16.9 Å². The Kier molecular flexibility index (Phi) is 7.38. The van der Waals surface area contributed by atoms with Crippen molar-refractivity contribution in [2.75, 3.05) is 11.1 Å². The molecule has 2 aliphatic rings. The van der Waals surface area contributed by atoms with Crippen molar-refractivity contribution in [1.82, 2.24) is 24.8 Å². The molecule has 0 radical (unpaired) electrons. The summed E-state index contributed by atoms with van der Waals surface area (Å²) in [4.78, 5) is 5.39. The van der Waals surface area contributed by atoms with Gasteiger partial charge in [0.2, 0.25) is 0 Å². The fraction of sp³-hybridized carbons (Fsp3) is 0.414. The Morgan fingerprint density at radius 2 is 2.08 bits per heavy atom. The fourth-order valence-electron chi connectivity index (χ4n) is 4.66. The third kappa shape index (κ3) is 5.90. The second kappa shape index (κ2) is 10.7. The van der Waals surface area contributed by atoms with E-state index >= 15 is 0 Å². The van der Waals surface area contributed by atoms with Crippen LogP contribution in [-0.2, 0) is 0 Å². The minimum Gasteiger partial charge on any atom is -0.361 e. The maximum atomic E-state index is 14.8. The summed E-state index contributed by atoms with van der Waals surface area (Å²) in [5, 5.41) is 14.5. The van der Waals surface area contributed by atoms with Crippen molar-refractivity contribution in [1.29, 1.82) is 0 Å². The number of hydrogen-bond donors (Lipinski definition) is 2. The van der Waals surface area contributed by atoms with E-state index < -0.39 is 0 Å². The van der Waals surface area contributed by atoms with E-state index in [1.807, 2.05) is 16.9 Å². The van der Waals surface area contributed by atoms with Crippen LogP contribution in [0.5, 0.6) is 0 Å². The molecule has 4 aromatic rings. The van der Waals surface area contributed by atoms with Crippen LogP contribution in [-0.4, -0.2) is 30.5 Å². The van der Waals surface area contributed by atoms with Gasteiger partial charge in [0, 0.05) is 17.0 Å². The molecular weight excluding hydrogens is 483 g/mol. The number of pyridine rings is 1. The number of H-pyrrole nitrogens is 1. The summed E-state index contributed by atoms with van der Waals surface area (Å²) in [7, 11) is 0. The number of rotatable bonds is 8. The number of aryl methyl sites for hydroxylation is 2. The summed E-state index contributed by atoms with van der Waals surface area (Å²) >= 11 is 1.70. The minimum absolute atomic E-state index is 0.279. The number of aromatic nitrogens is 5. The molecule has 0 aliphatic heterocycles. The SMILES string of the molecule is C=CNc1cc(-c2n[nH]c(C3CC3)n2)c(F)cc1SCCC1(C)CCC1.Cc1ccc2c(C)cnn2c1. The maximum absolute atomic E-state index is 14.8. The van der Waals surface area contributed by atoms with Gasteiger partial charge >= 0.3 is 0 Å². The highest BCUT2D eigenvalue weighted by Crippen LogP contribution is 2.45. The predicted octanol–water partition coefficient (Wildman–Crippen LogP) is 7.67. The van der Waals surface area contributed by atoms with Crippen molar-refractivity contribution >= 4 is 23.0 Å². The fourth-order valence-corrected chi connectivity index (χ4v) is 5.93. The summed E-state index contributed by atoms with van der Waals surface area (Å²) < 4.78 is 16.7. The number of thioether (sulfide) groups is 1. The lowest BCUT2D eigenvalue weighted by Gasteiger charge is -2.38. The van der Waals surface area contributed by atoms with Gasteiger partial charge in [-0.05, 0) is 92.6 Å². The van der Waals surface area contributed by atoms with Gasteiger partial charge in [-0.1, -0.05) is 26.0 Å². The lowest BCUT2D eigenvalue weighted by atomic mass is 9.69. The third-order valence-electron chi connectivity index (χ3n) is 7.41. The quantitative estimate of drug-likeness (QED) is 0.234. The van der Waals surface area contributed by atoms with E-state index in [1.165, 1.54) is 42.3 Å². The number of fused-ring (bicyclic) bond motifs is 1. The molecule has 2 aliphatic carbocycles. The van der Waals surface area contributed by atoms with Crippen molar-refractivity contribution in [3.8, 4) is 11.4 Å². The van der Waals surface area contributed by atoms with Crippen molar-refractivity contribution in [3.63, 3.8) is 0 Å². The highest BCUT2D eigenvalue weighted by molar-refractivity contribution is 7.99. The first-order chi connectivity index (χ1) is 17.8. The predicted molar refractivity (Wildman–Crippen MR) is 150 cm³/mol. The van der Waals surface area contributed by atoms with Gasteiger partial charge in [0.15, 0.2) is 5.82 Å². The Labute approximate surface area is 222 Å². The molecule has 0 bridgehead atoms. The zero-order chi connectivity index (χ0) is 26.0. The summed E-state index contributed by atoms with van der Waals surface area (Å²) in [6, 6.07) is 7.59. The Hall–Kier alpha value is -3.13. The third-order valence-corrected chi connectivity index (χ3v) is 8.47. The Bertz CT molecular complexity index is 1400. The molecule has 0 atom stereocenters. The summed E-state index contributed by atoms with van der Waals surface area (Å²) in [6.07, 6.45) is 12.9. The molecule has 2 saturated carbocycles. The minimum atomic E-state index is -0.279. The van der Waals surface area contributed by atoms with Crippen molar-refractivity contribution < 1.29 is 4.39 Å². The van der Waals surface area contributed by atoms with E-state index in [-0.39, 0.29) is 5.82 Å². The van der Waals surface area contributed by atoms with E-state index in [2.05, 4.69) is 65.1 Å². The van der Waals surface area contributed by atoms with Gasteiger partial charge in [-0.15, -0.1) is 11.8 Å². The molecule has 37 heavy (non-hydrogen) atoms. The number of nitrogens with zero attached hydrogens (tertiary/aromatic N) is 4. The van der Waals surface area contributed by atoms with E-state index in [4.69, 9.17) is 0 Å². The van der Waals surface area contributed by atoms with Crippen LogP contribution in [0, 0.1) is 25.1 Å². The van der Waals surface area contributed by atoms with E-state index in [0.29, 0.717) is 22.7 Å². The van der Waals surface area contributed by atoms with Crippen LogP contribution in [0.15, 0.2) is 54.3 Å². The summed E-state index contributed by atoms with van der Waals surface area (Å²) in [5.41, 5.74) is 5.42. The monoisotopic (exact) mass is 518 g/mol. The number of aromatic amines is 1. The first-order valence-corrected chi connectivity index (χ1v) is 14.0. The van der Waals surface area contributed by atoms with E-state index in [1.54, 1.807) is 30.1 Å². The van der Waals surface area contributed by atoms with Crippen LogP contribution in [0.3, 0.4) is 0 Å². The lowest BCUT2D eigenvalue weighted by Crippen LogP contribution is -2.25. The number of halogens is 1. The summed E-state index contributed by atoms with van der Waals surface area (Å²) in [5.74, 6) is 2.47. The smallest absolute Gasteiger partial charge is 0.184 e. The molecule has 0 saturated heterocycles. The summed E-state index contributed by atoms with van der Waals surface area (Å²) in [6.45, 7) is 10.2. The zero-order valence-electron chi connectivity index (χ0n) is 21.9. The molecule has 2 N–H and O–H groups in total. The van der Waals surface area contributed by atoms with Crippen LogP contribution >= 0.6 is 11.8 Å². The maximum Gasteiger partial charge on any atom is 0.184 e. The standard InChI is InChI=1S/C20H25FN4S.C9H10N2/c1-3-22-16-11-14(19-23-18(24-25-19)13-5-6-13)15(21)12-17(16)26-10-9-20(2)7-4-8-20;1-7-3-4-9-8(2)5-10-11(9)6-7/h3,11-13,22H,1,4-10H2,2H3,(H,23,24,25);3-6H,1-2H3. The first kappa shape index (κ1) is 25.5. The molecule has 2 fully saturated rings. The molecule has 194 valence electrons. The molecule has 3 heterocycles. The second-order valence-corrected chi connectivity index (χ2v) is 11.8. The number of nitrogens with one attached hydrogen (secondary N) is 2. The number of hydrogen-bond acceptors (Lipinski definition) is 5. The first-order valence-electron chi connectivity index (χ1n) is 13.0. The van der Waals surface area contributed by atoms with Crippen LogP contribution in [0.2, 0.25) is 0 Å². The van der Waals surface area contributed by atoms with E-state index in [9.17, 15) is 4.39 Å². The Morgan fingerprint density at radius 1 is 1.27 bits per heavy atom. The normalized spacial score (nSPS) is 16.1. The number of benzene rings is 1. The van der Waals surface area contributed by atoms with Crippen LogP contribution in [0.1, 0.15) is 68.3 Å². The van der Waals surface area contributed by atoms with Crippen LogP contribution < -0.4 is 5.32 Å². The Morgan fingerprint density at radius 3 is 2.78 bits per heavy atom. The molecule has 0 spiro atoms. The number of anilines is 1. The van der Waals surface area contributed by atoms with Crippen molar-refractivity contribution in [3.05, 3.63) is 72.2 Å². The van der Waals surface area contributed by atoms with Crippen molar-refractivity contribution in [2.24, 2.45) is 5.41 Å². The molecule has 0 amide bonds. The molecule has 0 unspecified atom stereocenters. The Balaban J connectivity index is 0.000000212. The molecule has 6 rings (SSSR count). The van der Waals surface area contributed by atoms with Crippen molar-refractivity contribution in [2.45, 2.75) is 70.1 Å². The molecule has 8 heteroatoms. The van der Waals surface area contributed by atoms with Gasteiger partial charge in [0.05, 0.1) is 23.0 Å². The largest absolute Gasteiger partial charge is 0.361 e. The molecule has 3 aromatic heterocycles. The average molecular weight is 519 g/mol. The van der Waals surface area contributed by atoms with Gasteiger partial charge in [-0.25, -0.2) is 13.9 Å². The lowest BCUT2D eigenvalue weighted by molar-refractivity contribution is 0.156. The highest BCUT2D eigenvalue weighted by Gasteiger charge is 2.31. The van der Waals surface area contributed by atoms with Crippen LogP contribution in [0.4, 0.5) is 10.1 Å². The van der Waals surface area contributed by atoms with Gasteiger partial charge in [-0.3, -0.25) is 5.10 Å².